The van der Waals surface area contributed by atoms with E-state index in [1.54, 1.807) is 0 Å². The molecule has 5 rings (SSSR count). The van der Waals surface area contributed by atoms with Gasteiger partial charge in [-0.15, -0.1) is 0 Å². The number of carbonyl (C=O) groups is 1. The molecule has 2 saturated carbocycles. The molecule has 1 heterocycles. The summed E-state index contributed by atoms with van der Waals surface area (Å²) in [5.74, 6) is 2.11. The van der Waals surface area contributed by atoms with Gasteiger partial charge in [-0.05, 0) is 90.2 Å². The maximum atomic E-state index is 12.6. The number of esters is 1. The second-order valence-corrected chi connectivity index (χ2v) is 12.0. The standard InChI is InChI=1S/C30H42N2O2/c1-5-19(2)27(31)28(33)34-22-12-14-29(3)21(17-22)8-9-23-25-11-10-24(20-7-6-16-32-18-20)30(25,4)15-13-26(23)29/h6-8,10,16,18-19,22-23,25-27H,5,9,11-15,17,31H2,1-4H3/t19?,22-,23-,25-,26-,27-,29-,30+/m0/s1. The van der Waals surface area contributed by atoms with Crippen molar-refractivity contribution in [1.82, 2.24) is 4.98 Å². The van der Waals surface area contributed by atoms with Crippen LogP contribution in [0.2, 0.25) is 0 Å². The van der Waals surface area contributed by atoms with Crippen molar-refractivity contribution in [3.8, 4) is 0 Å². The molecule has 0 spiro atoms. The second-order valence-electron chi connectivity index (χ2n) is 12.0. The van der Waals surface area contributed by atoms with Gasteiger partial charge in [0.25, 0.3) is 0 Å². The van der Waals surface area contributed by atoms with Gasteiger partial charge in [-0.1, -0.05) is 57.9 Å². The molecule has 2 fully saturated rings. The van der Waals surface area contributed by atoms with Gasteiger partial charge in [0.2, 0.25) is 0 Å². The van der Waals surface area contributed by atoms with Gasteiger partial charge in [-0.2, -0.15) is 0 Å². The van der Waals surface area contributed by atoms with Crippen molar-refractivity contribution in [3.63, 3.8) is 0 Å². The molecule has 0 aliphatic heterocycles. The molecule has 2 N–H and O–H groups in total. The molecule has 34 heavy (non-hydrogen) atoms. The molecule has 184 valence electrons. The first-order valence-electron chi connectivity index (χ1n) is 13.5. The minimum absolute atomic E-state index is 0.0160. The van der Waals surface area contributed by atoms with Crippen LogP contribution in [0, 0.1) is 34.5 Å². The number of allylic oxidation sites excluding steroid dienone is 3. The highest BCUT2D eigenvalue weighted by atomic mass is 16.5. The molecule has 4 heteroatoms. The van der Waals surface area contributed by atoms with Gasteiger partial charge in [0.15, 0.2) is 0 Å². The third kappa shape index (κ3) is 3.77. The number of nitrogens with two attached hydrogens (primary N) is 1. The molecule has 4 nitrogen and oxygen atoms in total. The number of hydrogen-bond acceptors (Lipinski definition) is 4. The van der Waals surface area contributed by atoms with E-state index in [4.69, 9.17) is 10.5 Å². The van der Waals surface area contributed by atoms with Crippen LogP contribution in [-0.2, 0) is 9.53 Å². The lowest BCUT2D eigenvalue weighted by Gasteiger charge is -2.57. The van der Waals surface area contributed by atoms with Crippen molar-refractivity contribution in [3.05, 3.63) is 47.8 Å². The maximum absolute atomic E-state index is 12.6. The van der Waals surface area contributed by atoms with Gasteiger partial charge in [0.05, 0.1) is 0 Å². The summed E-state index contributed by atoms with van der Waals surface area (Å²) in [6.45, 7) is 9.12. The Morgan fingerprint density at radius 2 is 1.97 bits per heavy atom. The van der Waals surface area contributed by atoms with Crippen molar-refractivity contribution < 1.29 is 9.53 Å². The maximum Gasteiger partial charge on any atom is 0.323 e. The Bertz CT molecular complexity index is 985. The Labute approximate surface area is 205 Å². The lowest BCUT2D eigenvalue weighted by atomic mass is 9.47. The number of pyridine rings is 1. The van der Waals surface area contributed by atoms with Crippen LogP contribution in [0.3, 0.4) is 0 Å². The summed E-state index contributed by atoms with van der Waals surface area (Å²) in [5.41, 5.74) is 11.0. The first kappa shape index (κ1) is 23.8. The Kier molecular flexibility index (Phi) is 6.25. The van der Waals surface area contributed by atoms with Crippen LogP contribution in [0.5, 0.6) is 0 Å². The number of rotatable bonds is 5. The summed E-state index contributed by atoms with van der Waals surface area (Å²) >= 11 is 0. The number of hydrogen-bond donors (Lipinski definition) is 1. The third-order valence-corrected chi connectivity index (χ3v) is 10.4. The summed E-state index contributed by atoms with van der Waals surface area (Å²) in [7, 11) is 0. The Morgan fingerprint density at radius 3 is 2.71 bits per heavy atom. The van der Waals surface area contributed by atoms with Crippen molar-refractivity contribution in [2.24, 2.45) is 40.2 Å². The molecular formula is C30H42N2O2. The summed E-state index contributed by atoms with van der Waals surface area (Å²) < 4.78 is 5.94. The Hall–Kier alpha value is -1.94. The van der Waals surface area contributed by atoms with Crippen LogP contribution in [0.4, 0.5) is 0 Å². The number of nitrogens with zero attached hydrogens (tertiary/aromatic N) is 1. The summed E-state index contributed by atoms with van der Waals surface area (Å²) in [5, 5.41) is 0. The van der Waals surface area contributed by atoms with E-state index in [2.05, 4.69) is 50.0 Å². The molecule has 8 atom stereocenters. The van der Waals surface area contributed by atoms with Gasteiger partial charge in [0, 0.05) is 18.8 Å². The number of carbonyl (C=O) groups excluding carboxylic acids is 1. The molecule has 0 aromatic carbocycles. The molecule has 0 radical (unpaired) electrons. The van der Waals surface area contributed by atoms with Crippen molar-refractivity contribution >= 4 is 11.5 Å². The fourth-order valence-corrected chi connectivity index (χ4v) is 7.99. The highest BCUT2D eigenvalue weighted by Gasteiger charge is 2.57. The molecule has 0 amide bonds. The Morgan fingerprint density at radius 1 is 1.18 bits per heavy atom. The van der Waals surface area contributed by atoms with E-state index in [-0.39, 0.29) is 28.8 Å². The molecule has 1 aromatic heterocycles. The number of ether oxygens (including phenoxy) is 1. The topological polar surface area (TPSA) is 65.2 Å². The van der Waals surface area contributed by atoms with Gasteiger partial charge in [-0.25, -0.2) is 0 Å². The van der Waals surface area contributed by atoms with Crippen molar-refractivity contribution in [1.29, 1.82) is 0 Å². The monoisotopic (exact) mass is 462 g/mol. The number of aromatic nitrogens is 1. The van der Waals surface area contributed by atoms with Gasteiger partial charge in [0.1, 0.15) is 12.1 Å². The van der Waals surface area contributed by atoms with E-state index in [1.807, 2.05) is 19.3 Å². The van der Waals surface area contributed by atoms with E-state index in [1.165, 1.54) is 36.0 Å². The highest BCUT2D eigenvalue weighted by Crippen LogP contribution is 2.66. The molecule has 1 unspecified atom stereocenters. The predicted molar refractivity (Wildman–Crippen MR) is 137 cm³/mol. The van der Waals surface area contributed by atoms with Crippen LogP contribution in [-0.4, -0.2) is 23.1 Å². The number of fused-ring (bicyclic) bond motifs is 5. The average molecular weight is 463 g/mol. The zero-order valence-corrected chi connectivity index (χ0v) is 21.4. The molecular weight excluding hydrogens is 420 g/mol. The predicted octanol–water partition coefficient (Wildman–Crippen LogP) is 6.32. The first-order chi connectivity index (χ1) is 16.3. The Balaban J connectivity index is 1.31. The lowest BCUT2D eigenvalue weighted by molar-refractivity contribution is -0.154. The van der Waals surface area contributed by atoms with E-state index in [0.29, 0.717) is 5.92 Å². The van der Waals surface area contributed by atoms with Crippen LogP contribution < -0.4 is 5.73 Å². The van der Waals surface area contributed by atoms with E-state index < -0.39 is 6.04 Å². The summed E-state index contributed by atoms with van der Waals surface area (Å²) in [6.07, 6.45) is 17.7. The normalized spacial score (nSPS) is 38.5. The second kappa shape index (κ2) is 8.93. The fraction of sp³-hybridized carbons (Fsp3) is 0.667. The smallest absolute Gasteiger partial charge is 0.323 e. The minimum Gasteiger partial charge on any atom is -0.461 e. The summed E-state index contributed by atoms with van der Waals surface area (Å²) in [4.78, 5) is 17.0. The molecule has 0 saturated heterocycles. The van der Waals surface area contributed by atoms with Crippen molar-refractivity contribution in [2.75, 3.05) is 0 Å². The zero-order chi connectivity index (χ0) is 24.1. The quantitative estimate of drug-likeness (QED) is 0.410. The van der Waals surface area contributed by atoms with Gasteiger partial charge < -0.3 is 10.5 Å². The summed E-state index contributed by atoms with van der Waals surface area (Å²) in [6, 6.07) is 3.79. The molecule has 1 aromatic rings. The molecule has 4 aliphatic rings. The molecule has 4 aliphatic carbocycles. The first-order valence-corrected chi connectivity index (χ1v) is 13.5. The van der Waals surface area contributed by atoms with Gasteiger partial charge >= 0.3 is 5.97 Å². The SMILES string of the molecule is CCC(C)[C@H](N)C(=O)O[C@H]1CC[C@@]2(C)C(=CC[C@@H]3[C@@H]2CC[C@]2(C)C(c4cccnc4)=CC[C@@H]32)C1. The highest BCUT2D eigenvalue weighted by molar-refractivity contribution is 5.76. The minimum atomic E-state index is -0.511. The largest absolute Gasteiger partial charge is 0.461 e. The van der Waals surface area contributed by atoms with Crippen LogP contribution >= 0.6 is 0 Å². The van der Waals surface area contributed by atoms with E-state index >= 15 is 0 Å². The third-order valence-electron chi connectivity index (χ3n) is 10.4. The van der Waals surface area contributed by atoms with Crippen molar-refractivity contribution in [2.45, 2.75) is 91.2 Å². The fourth-order valence-electron chi connectivity index (χ4n) is 7.99. The van der Waals surface area contributed by atoms with Crippen LogP contribution in [0.15, 0.2) is 42.3 Å². The van der Waals surface area contributed by atoms with E-state index in [0.717, 1.165) is 43.9 Å². The van der Waals surface area contributed by atoms with Crippen LogP contribution in [0.25, 0.3) is 5.57 Å². The lowest BCUT2D eigenvalue weighted by Crippen LogP contribution is -2.50. The van der Waals surface area contributed by atoms with Gasteiger partial charge in [-0.3, -0.25) is 9.78 Å². The van der Waals surface area contributed by atoms with E-state index in [9.17, 15) is 4.79 Å². The average Bonchev–Trinajstić information content (AvgIpc) is 3.21. The molecule has 0 bridgehead atoms. The van der Waals surface area contributed by atoms with Crippen LogP contribution in [0.1, 0.15) is 84.6 Å². The zero-order valence-electron chi connectivity index (χ0n) is 21.4.